The van der Waals surface area contributed by atoms with Crippen LogP contribution in [0.2, 0.25) is 5.02 Å². The number of hydrazone groups is 1. The van der Waals surface area contributed by atoms with Crippen molar-refractivity contribution in [3.8, 4) is 0 Å². The Morgan fingerprint density at radius 1 is 1.14 bits per heavy atom. The van der Waals surface area contributed by atoms with Crippen molar-refractivity contribution in [1.82, 2.24) is 0 Å². The largest absolute Gasteiger partial charge is 0.399 e. The van der Waals surface area contributed by atoms with E-state index in [4.69, 9.17) is 11.6 Å². The molecule has 6 heteroatoms. The van der Waals surface area contributed by atoms with Crippen molar-refractivity contribution in [2.45, 2.75) is 0 Å². The van der Waals surface area contributed by atoms with Crippen LogP contribution >= 0.6 is 11.6 Å². The van der Waals surface area contributed by atoms with E-state index >= 15 is 0 Å². The summed E-state index contributed by atoms with van der Waals surface area (Å²) in [6.07, 6.45) is 1.26. The minimum absolute atomic E-state index is 0.128. The molecule has 0 saturated heterocycles. The van der Waals surface area contributed by atoms with E-state index in [0.717, 1.165) is 0 Å². The molecule has 0 bridgehead atoms. The van der Waals surface area contributed by atoms with Gasteiger partial charge in [-0.25, -0.2) is 0 Å². The number of benzene rings is 2. The summed E-state index contributed by atoms with van der Waals surface area (Å²) in [7, 11) is 1.40. The maximum Gasteiger partial charge on any atom is 0.214 e. The van der Waals surface area contributed by atoms with E-state index in [0.29, 0.717) is 16.3 Å². The molecule has 5 nitrogen and oxygen atoms in total. The van der Waals surface area contributed by atoms with Gasteiger partial charge in [0.2, 0.25) is 5.78 Å². The van der Waals surface area contributed by atoms with Gasteiger partial charge in [-0.1, -0.05) is 47.1 Å². The van der Waals surface area contributed by atoms with Crippen molar-refractivity contribution in [2.24, 2.45) is 10.3 Å². The number of carbonyl (C=O) groups is 1. The van der Waals surface area contributed by atoms with Gasteiger partial charge in [0.05, 0.1) is 11.9 Å². The maximum atomic E-state index is 12.4. The van der Waals surface area contributed by atoms with Crippen LogP contribution in [0.4, 0.5) is 5.69 Å². The molecule has 0 unspecified atom stereocenters. The van der Waals surface area contributed by atoms with E-state index in [9.17, 15) is 4.79 Å². The highest BCUT2D eigenvalue weighted by molar-refractivity contribution is 6.64. The number of carbonyl (C=O) groups excluding carboxylic acids is 1. The lowest BCUT2D eigenvalue weighted by Gasteiger charge is -2.03. The van der Waals surface area contributed by atoms with E-state index in [-0.39, 0.29) is 11.5 Å². The summed E-state index contributed by atoms with van der Waals surface area (Å²) in [5, 5.41) is 8.31. The summed E-state index contributed by atoms with van der Waals surface area (Å²) in [6.45, 7) is 0. The highest BCUT2D eigenvalue weighted by Crippen LogP contribution is 2.13. The standard InChI is InChI=1S/C16H14ClN3O2/c1-22-18-11-15(16(21)12-5-3-2-4-6-12)20-19-14-9-7-13(17)8-10-14/h2-11,19H,1H3/b18-11+,20-15+. The topological polar surface area (TPSA) is 63.1 Å². The fraction of sp³-hybridized carbons (Fsp3) is 0.0625. The Labute approximate surface area is 133 Å². The molecule has 0 radical (unpaired) electrons. The third-order valence-electron chi connectivity index (χ3n) is 2.70. The first-order valence-electron chi connectivity index (χ1n) is 6.46. The molecule has 0 amide bonds. The van der Waals surface area contributed by atoms with Crippen LogP contribution in [0.15, 0.2) is 64.9 Å². The fourth-order valence-electron chi connectivity index (χ4n) is 1.63. The van der Waals surface area contributed by atoms with Gasteiger partial charge in [0.1, 0.15) is 7.11 Å². The highest BCUT2D eigenvalue weighted by Gasteiger charge is 2.12. The van der Waals surface area contributed by atoms with Crippen molar-refractivity contribution in [1.29, 1.82) is 0 Å². The summed E-state index contributed by atoms with van der Waals surface area (Å²) in [5.41, 5.74) is 4.14. The van der Waals surface area contributed by atoms with Crippen molar-refractivity contribution in [3.63, 3.8) is 0 Å². The van der Waals surface area contributed by atoms with Crippen molar-refractivity contribution < 1.29 is 9.63 Å². The molecule has 0 saturated carbocycles. The normalized spacial score (nSPS) is 11.5. The zero-order valence-corrected chi connectivity index (χ0v) is 12.6. The molecule has 2 rings (SSSR count). The average molecular weight is 316 g/mol. The minimum atomic E-state index is -0.261. The van der Waals surface area contributed by atoms with Crippen LogP contribution in [0.3, 0.4) is 0 Å². The number of anilines is 1. The van der Waals surface area contributed by atoms with Crippen LogP contribution in [-0.4, -0.2) is 24.8 Å². The van der Waals surface area contributed by atoms with Crippen LogP contribution in [0.1, 0.15) is 10.4 Å². The molecule has 2 aromatic carbocycles. The third kappa shape index (κ3) is 4.43. The summed E-state index contributed by atoms with van der Waals surface area (Å²) < 4.78 is 0. The van der Waals surface area contributed by atoms with Crippen LogP contribution in [0.25, 0.3) is 0 Å². The number of nitrogens with one attached hydrogen (secondary N) is 1. The monoisotopic (exact) mass is 315 g/mol. The number of rotatable bonds is 6. The lowest BCUT2D eigenvalue weighted by atomic mass is 10.1. The van der Waals surface area contributed by atoms with Gasteiger partial charge >= 0.3 is 0 Å². The molecule has 2 aromatic rings. The molecule has 22 heavy (non-hydrogen) atoms. The number of halogens is 1. The molecule has 0 aliphatic carbocycles. The predicted octanol–water partition coefficient (Wildman–Crippen LogP) is 3.62. The van der Waals surface area contributed by atoms with Gasteiger partial charge in [0, 0.05) is 10.6 Å². The summed E-state index contributed by atoms with van der Waals surface area (Å²) >= 11 is 5.82. The van der Waals surface area contributed by atoms with Gasteiger partial charge in [-0.05, 0) is 24.3 Å². The van der Waals surface area contributed by atoms with Crippen LogP contribution < -0.4 is 5.43 Å². The summed E-state index contributed by atoms with van der Waals surface area (Å²) in [5.74, 6) is -0.261. The first-order valence-corrected chi connectivity index (χ1v) is 6.84. The van der Waals surface area contributed by atoms with E-state index in [2.05, 4.69) is 20.5 Å². The predicted molar refractivity (Wildman–Crippen MR) is 88.8 cm³/mol. The molecule has 0 heterocycles. The summed E-state index contributed by atoms with van der Waals surface area (Å²) in [4.78, 5) is 17.0. The smallest absolute Gasteiger partial charge is 0.214 e. The maximum absolute atomic E-state index is 12.4. The second-order valence-corrected chi connectivity index (χ2v) is 4.66. The summed E-state index contributed by atoms with van der Waals surface area (Å²) in [6, 6.07) is 15.8. The van der Waals surface area contributed by atoms with Gasteiger partial charge in [0.25, 0.3) is 0 Å². The lowest BCUT2D eigenvalue weighted by molar-refractivity contribution is 0.106. The molecule has 0 aromatic heterocycles. The molecular formula is C16H14ClN3O2. The highest BCUT2D eigenvalue weighted by atomic mass is 35.5. The quantitative estimate of drug-likeness (QED) is 0.503. The molecule has 0 fully saturated rings. The van der Waals surface area contributed by atoms with Gasteiger partial charge in [-0.3, -0.25) is 10.2 Å². The zero-order chi connectivity index (χ0) is 15.8. The van der Waals surface area contributed by atoms with Crippen LogP contribution in [0, 0.1) is 0 Å². The van der Waals surface area contributed by atoms with Crippen molar-refractivity contribution >= 4 is 35.0 Å². The van der Waals surface area contributed by atoms with Gasteiger partial charge < -0.3 is 4.84 Å². The first kappa shape index (κ1) is 15.7. The van der Waals surface area contributed by atoms with E-state index in [1.54, 1.807) is 48.5 Å². The second kappa shape index (κ2) is 7.95. The first-order chi connectivity index (χ1) is 10.7. The number of ketones is 1. The number of Topliss-reactive ketones (excluding diaryl/α,β-unsaturated/α-hetero) is 1. The molecular weight excluding hydrogens is 302 g/mol. The van der Waals surface area contributed by atoms with Crippen LogP contribution in [0.5, 0.6) is 0 Å². The Morgan fingerprint density at radius 3 is 2.45 bits per heavy atom. The number of oxime groups is 1. The van der Waals surface area contributed by atoms with Gasteiger partial charge in [-0.15, -0.1) is 0 Å². The Hall–Kier alpha value is -2.66. The van der Waals surface area contributed by atoms with Crippen molar-refractivity contribution in [2.75, 3.05) is 12.5 Å². The molecule has 112 valence electrons. The van der Waals surface area contributed by atoms with Crippen LogP contribution in [-0.2, 0) is 4.84 Å². The lowest BCUT2D eigenvalue weighted by Crippen LogP contribution is -2.17. The Balaban J connectivity index is 2.22. The van der Waals surface area contributed by atoms with E-state index in [1.807, 2.05) is 6.07 Å². The Morgan fingerprint density at radius 2 is 1.82 bits per heavy atom. The van der Waals surface area contributed by atoms with Gasteiger partial charge in [0.15, 0.2) is 5.71 Å². The minimum Gasteiger partial charge on any atom is -0.399 e. The Bertz CT molecular complexity index is 682. The van der Waals surface area contributed by atoms with E-state index < -0.39 is 0 Å². The molecule has 0 atom stereocenters. The molecule has 0 aliphatic rings. The number of hydrogen-bond donors (Lipinski definition) is 1. The van der Waals surface area contributed by atoms with Crippen molar-refractivity contribution in [3.05, 3.63) is 65.2 Å². The molecule has 1 N–H and O–H groups in total. The third-order valence-corrected chi connectivity index (χ3v) is 2.95. The molecule has 0 spiro atoms. The fourth-order valence-corrected chi connectivity index (χ4v) is 1.75. The average Bonchev–Trinajstić information content (AvgIpc) is 2.57. The zero-order valence-electron chi connectivity index (χ0n) is 11.9. The second-order valence-electron chi connectivity index (χ2n) is 4.23. The Kier molecular flexibility index (Phi) is 5.68. The SMILES string of the molecule is CO/N=C/C(=N\Nc1ccc(Cl)cc1)C(=O)c1ccccc1. The van der Waals surface area contributed by atoms with E-state index in [1.165, 1.54) is 13.3 Å². The molecule has 0 aliphatic heterocycles. The number of hydrogen-bond acceptors (Lipinski definition) is 5. The number of nitrogens with zero attached hydrogens (tertiary/aromatic N) is 2. The van der Waals surface area contributed by atoms with Gasteiger partial charge in [-0.2, -0.15) is 5.10 Å².